The Morgan fingerprint density at radius 3 is 2.78 bits per heavy atom. The van der Waals surface area contributed by atoms with Crippen molar-refractivity contribution < 1.29 is 14.0 Å². The fraction of sp³-hybridized carbons (Fsp3) is 0.353. The Balaban J connectivity index is 1.66. The molecule has 0 aromatic carbocycles. The Hall–Kier alpha value is -2.63. The minimum Gasteiger partial charge on any atom is -0.467 e. The first-order valence-electron chi connectivity index (χ1n) is 7.80. The number of carbonyl (C=O) groups excluding carboxylic acids is 2. The van der Waals surface area contributed by atoms with Crippen molar-refractivity contribution in [1.82, 2.24) is 15.2 Å². The van der Waals surface area contributed by atoms with Gasteiger partial charge in [0.2, 0.25) is 0 Å². The molecule has 120 valence electrons. The molecule has 1 aliphatic rings. The second kappa shape index (κ2) is 7.09. The van der Waals surface area contributed by atoms with Crippen molar-refractivity contribution in [3.05, 3.63) is 53.7 Å². The van der Waals surface area contributed by atoms with E-state index in [0.717, 1.165) is 25.9 Å². The number of pyridine rings is 1. The average molecular weight is 313 g/mol. The molecule has 3 rings (SSSR count). The van der Waals surface area contributed by atoms with Crippen LogP contribution in [0.5, 0.6) is 0 Å². The predicted octanol–water partition coefficient (Wildman–Crippen LogP) is 2.23. The van der Waals surface area contributed by atoms with E-state index in [1.165, 1.54) is 12.6 Å². The van der Waals surface area contributed by atoms with Crippen LogP contribution in [0.2, 0.25) is 0 Å². The molecule has 2 amide bonds. The number of furan rings is 1. The molecule has 1 aliphatic heterocycles. The third-order valence-corrected chi connectivity index (χ3v) is 3.89. The van der Waals surface area contributed by atoms with Crippen LogP contribution >= 0.6 is 0 Å². The van der Waals surface area contributed by atoms with Crippen LogP contribution in [0.4, 0.5) is 0 Å². The van der Waals surface area contributed by atoms with Crippen LogP contribution in [-0.2, 0) is 6.54 Å². The lowest BCUT2D eigenvalue weighted by atomic mass is 10.1. The zero-order chi connectivity index (χ0) is 16.1. The summed E-state index contributed by atoms with van der Waals surface area (Å²) >= 11 is 0. The van der Waals surface area contributed by atoms with Gasteiger partial charge in [0.1, 0.15) is 11.5 Å². The Morgan fingerprint density at radius 1 is 1.22 bits per heavy atom. The van der Waals surface area contributed by atoms with Crippen LogP contribution in [0, 0.1) is 0 Å². The number of amides is 2. The Kier molecular flexibility index (Phi) is 4.71. The lowest BCUT2D eigenvalue weighted by Crippen LogP contribution is -2.35. The fourth-order valence-electron chi connectivity index (χ4n) is 2.64. The topological polar surface area (TPSA) is 75.4 Å². The van der Waals surface area contributed by atoms with Crippen LogP contribution < -0.4 is 5.32 Å². The maximum Gasteiger partial charge on any atom is 0.270 e. The van der Waals surface area contributed by atoms with Crippen molar-refractivity contribution >= 4 is 11.8 Å². The van der Waals surface area contributed by atoms with Gasteiger partial charge in [0, 0.05) is 24.8 Å². The van der Waals surface area contributed by atoms with Gasteiger partial charge in [-0.25, -0.2) is 0 Å². The number of likely N-dealkylation sites (tertiary alicyclic amines) is 1. The van der Waals surface area contributed by atoms with Crippen molar-refractivity contribution in [3.8, 4) is 0 Å². The van der Waals surface area contributed by atoms with Crippen LogP contribution in [-0.4, -0.2) is 34.8 Å². The number of rotatable bonds is 4. The quantitative estimate of drug-likeness (QED) is 0.939. The first-order valence-corrected chi connectivity index (χ1v) is 7.80. The molecule has 1 saturated heterocycles. The molecule has 0 atom stereocenters. The standard InChI is InChI=1S/C17H19N3O3/c21-16(19-12-14-5-4-10-23-14)15-11-13(6-7-18-15)17(22)20-8-2-1-3-9-20/h4-7,10-11H,1-3,8-9,12H2,(H,19,21). The summed E-state index contributed by atoms with van der Waals surface area (Å²) in [5.74, 6) is 0.306. The van der Waals surface area contributed by atoms with Crippen molar-refractivity contribution in [2.45, 2.75) is 25.8 Å². The van der Waals surface area contributed by atoms with Gasteiger partial charge in [0.15, 0.2) is 0 Å². The molecule has 3 heterocycles. The molecular formula is C17H19N3O3. The van der Waals surface area contributed by atoms with Gasteiger partial charge in [-0.15, -0.1) is 0 Å². The van der Waals surface area contributed by atoms with Gasteiger partial charge < -0.3 is 14.6 Å². The van der Waals surface area contributed by atoms with Crippen LogP contribution in [0.3, 0.4) is 0 Å². The third kappa shape index (κ3) is 3.77. The van der Waals surface area contributed by atoms with E-state index >= 15 is 0 Å². The largest absolute Gasteiger partial charge is 0.467 e. The van der Waals surface area contributed by atoms with E-state index in [0.29, 0.717) is 11.3 Å². The maximum atomic E-state index is 12.5. The molecular weight excluding hydrogens is 294 g/mol. The fourth-order valence-corrected chi connectivity index (χ4v) is 2.64. The van der Waals surface area contributed by atoms with Crippen molar-refractivity contribution in [2.24, 2.45) is 0 Å². The zero-order valence-corrected chi connectivity index (χ0v) is 12.8. The van der Waals surface area contributed by atoms with E-state index in [1.807, 2.05) is 4.90 Å². The van der Waals surface area contributed by atoms with E-state index in [-0.39, 0.29) is 24.1 Å². The number of nitrogens with one attached hydrogen (secondary N) is 1. The summed E-state index contributed by atoms with van der Waals surface area (Å²) in [4.78, 5) is 30.5. The molecule has 6 nitrogen and oxygen atoms in total. The Labute approximate surface area is 134 Å². The van der Waals surface area contributed by atoms with Gasteiger partial charge in [0.05, 0.1) is 12.8 Å². The summed E-state index contributed by atoms with van der Waals surface area (Å²) in [6.45, 7) is 1.85. The van der Waals surface area contributed by atoms with Gasteiger partial charge >= 0.3 is 0 Å². The number of aromatic nitrogens is 1. The number of piperidine rings is 1. The summed E-state index contributed by atoms with van der Waals surface area (Å²) in [5.41, 5.74) is 0.740. The van der Waals surface area contributed by atoms with Gasteiger partial charge in [-0.3, -0.25) is 14.6 Å². The molecule has 1 N–H and O–H groups in total. The molecule has 1 fully saturated rings. The number of hydrogen-bond donors (Lipinski definition) is 1. The van der Waals surface area contributed by atoms with Crippen molar-refractivity contribution in [2.75, 3.05) is 13.1 Å². The molecule has 0 spiro atoms. The average Bonchev–Trinajstić information content (AvgIpc) is 3.13. The highest BCUT2D eigenvalue weighted by Gasteiger charge is 2.19. The SMILES string of the molecule is O=C(NCc1ccco1)c1cc(C(=O)N2CCCCC2)ccn1. The summed E-state index contributed by atoms with van der Waals surface area (Å²) < 4.78 is 5.17. The second-order valence-corrected chi connectivity index (χ2v) is 5.54. The van der Waals surface area contributed by atoms with E-state index in [9.17, 15) is 9.59 Å². The Bertz CT molecular complexity index is 676. The van der Waals surface area contributed by atoms with E-state index in [1.54, 1.807) is 30.5 Å². The number of carbonyl (C=O) groups is 2. The number of hydrogen-bond acceptors (Lipinski definition) is 4. The summed E-state index contributed by atoms with van der Waals surface area (Å²) in [5, 5.41) is 2.73. The maximum absolute atomic E-state index is 12.5. The highest BCUT2D eigenvalue weighted by molar-refractivity contribution is 5.98. The third-order valence-electron chi connectivity index (χ3n) is 3.89. The minimum absolute atomic E-state index is 0.0350. The van der Waals surface area contributed by atoms with Gasteiger partial charge in [-0.1, -0.05) is 0 Å². The molecule has 0 bridgehead atoms. The molecule has 0 unspecified atom stereocenters. The van der Waals surface area contributed by atoms with Crippen molar-refractivity contribution in [3.63, 3.8) is 0 Å². The van der Waals surface area contributed by atoms with Gasteiger partial charge in [-0.2, -0.15) is 0 Å². The second-order valence-electron chi connectivity index (χ2n) is 5.54. The highest BCUT2D eigenvalue weighted by atomic mass is 16.3. The van der Waals surface area contributed by atoms with Gasteiger partial charge in [-0.05, 0) is 43.5 Å². The summed E-state index contributed by atoms with van der Waals surface area (Å²) in [7, 11) is 0. The summed E-state index contributed by atoms with van der Waals surface area (Å²) in [6, 6.07) is 6.75. The molecule has 0 aliphatic carbocycles. The lowest BCUT2D eigenvalue weighted by molar-refractivity contribution is 0.0724. The van der Waals surface area contributed by atoms with Crippen LogP contribution in [0.1, 0.15) is 45.9 Å². The van der Waals surface area contributed by atoms with Gasteiger partial charge in [0.25, 0.3) is 11.8 Å². The lowest BCUT2D eigenvalue weighted by Gasteiger charge is -2.26. The van der Waals surface area contributed by atoms with E-state index in [2.05, 4.69) is 10.3 Å². The molecule has 6 heteroatoms. The van der Waals surface area contributed by atoms with E-state index in [4.69, 9.17) is 4.42 Å². The minimum atomic E-state index is -0.324. The molecule has 2 aromatic rings. The highest BCUT2D eigenvalue weighted by Crippen LogP contribution is 2.13. The summed E-state index contributed by atoms with van der Waals surface area (Å²) in [6.07, 6.45) is 6.29. The van der Waals surface area contributed by atoms with Crippen LogP contribution in [0.15, 0.2) is 41.1 Å². The first-order chi connectivity index (χ1) is 11.2. The smallest absolute Gasteiger partial charge is 0.270 e. The zero-order valence-electron chi connectivity index (χ0n) is 12.8. The normalized spacial score (nSPS) is 14.5. The van der Waals surface area contributed by atoms with E-state index < -0.39 is 0 Å². The molecule has 2 aromatic heterocycles. The molecule has 23 heavy (non-hydrogen) atoms. The molecule has 0 radical (unpaired) electrons. The Morgan fingerprint density at radius 2 is 2.04 bits per heavy atom. The van der Waals surface area contributed by atoms with Crippen LogP contribution in [0.25, 0.3) is 0 Å². The predicted molar refractivity (Wildman–Crippen MR) is 83.9 cm³/mol. The molecule has 0 saturated carbocycles. The first kappa shape index (κ1) is 15.3. The monoisotopic (exact) mass is 313 g/mol. The van der Waals surface area contributed by atoms with Crippen molar-refractivity contribution in [1.29, 1.82) is 0 Å². The number of nitrogens with zero attached hydrogens (tertiary/aromatic N) is 2.